The van der Waals surface area contributed by atoms with E-state index in [0.29, 0.717) is 5.70 Å². The van der Waals surface area contributed by atoms with Crippen LogP contribution < -0.4 is 5.73 Å². The van der Waals surface area contributed by atoms with E-state index in [-0.39, 0.29) is 0 Å². The highest BCUT2D eigenvalue weighted by atomic mass is 14.6. The minimum atomic E-state index is 0.599. The lowest BCUT2D eigenvalue weighted by molar-refractivity contribution is 1.05. The Morgan fingerprint density at radius 2 is 1.77 bits per heavy atom. The maximum Gasteiger partial charge on any atom is 0.107 e. The van der Waals surface area contributed by atoms with Crippen LogP contribution in [-0.2, 0) is 0 Å². The van der Waals surface area contributed by atoms with Gasteiger partial charge in [-0.2, -0.15) is 0 Å². The first-order chi connectivity index (χ1) is 5.91. The zero-order chi connectivity index (χ0) is 10.6. The SMILES string of the molecule is [B]/C(C)=C(C)\C(C(=C)N)=C(/C)CC. The highest BCUT2D eigenvalue weighted by Crippen LogP contribution is 2.22. The fourth-order valence-corrected chi connectivity index (χ4v) is 1.21. The van der Waals surface area contributed by atoms with Crippen LogP contribution >= 0.6 is 0 Å². The smallest absolute Gasteiger partial charge is 0.107 e. The average molecular weight is 175 g/mol. The van der Waals surface area contributed by atoms with E-state index in [2.05, 4.69) is 20.4 Å². The number of hydrogen-bond acceptors (Lipinski definition) is 1. The Hall–Kier alpha value is -0.915. The van der Waals surface area contributed by atoms with Crippen LogP contribution in [0.25, 0.3) is 0 Å². The lowest BCUT2D eigenvalue weighted by Gasteiger charge is -2.13. The summed E-state index contributed by atoms with van der Waals surface area (Å²) in [6.07, 6.45) is 0.968. The lowest BCUT2D eigenvalue weighted by Crippen LogP contribution is -2.04. The molecule has 2 heteroatoms. The normalized spacial score (nSPS) is 14.8. The number of allylic oxidation sites excluding steroid dienone is 3. The van der Waals surface area contributed by atoms with Crippen molar-refractivity contribution in [1.29, 1.82) is 0 Å². The molecule has 1 nitrogen and oxygen atoms in total. The zero-order valence-electron chi connectivity index (χ0n) is 9.07. The molecule has 0 aliphatic rings. The molecule has 13 heavy (non-hydrogen) atoms. The van der Waals surface area contributed by atoms with E-state index in [9.17, 15) is 0 Å². The number of nitrogens with two attached hydrogens (primary N) is 1. The predicted octanol–water partition coefficient (Wildman–Crippen LogP) is 2.65. The van der Waals surface area contributed by atoms with Crippen molar-refractivity contribution in [3.8, 4) is 0 Å². The molecular weight excluding hydrogens is 157 g/mol. The van der Waals surface area contributed by atoms with Gasteiger partial charge in [-0.25, -0.2) is 0 Å². The number of rotatable bonds is 3. The monoisotopic (exact) mass is 175 g/mol. The van der Waals surface area contributed by atoms with E-state index >= 15 is 0 Å². The Morgan fingerprint density at radius 1 is 1.31 bits per heavy atom. The summed E-state index contributed by atoms with van der Waals surface area (Å²) >= 11 is 0. The molecule has 0 aliphatic carbocycles. The summed E-state index contributed by atoms with van der Waals surface area (Å²) in [6, 6.07) is 0. The minimum Gasteiger partial charge on any atom is -0.399 e. The molecule has 2 N–H and O–H groups in total. The zero-order valence-corrected chi connectivity index (χ0v) is 9.07. The van der Waals surface area contributed by atoms with Crippen LogP contribution in [0.15, 0.2) is 34.5 Å². The van der Waals surface area contributed by atoms with Crippen molar-refractivity contribution >= 4 is 7.85 Å². The van der Waals surface area contributed by atoms with Gasteiger partial charge >= 0.3 is 0 Å². The standard InChI is InChI=1S/C11H18BN/c1-6-7(2)11(10(5)13)8(3)9(4)12/h5-6,13H2,1-4H3/b9-8-,11-7-. The van der Waals surface area contributed by atoms with Crippen molar-refractivity contribution in [1.82, 2.24) is 0 Å². The van der Waals surface area contributed by atoms with Gasteiger partial charge in [0.2, 0.25) is 0 Å². The molecule has 0 fully saturated rings. The topological polar surface area (TPSA) is 26.0 Å². The Kier molecular flexibility index (Phi) is 4.61. The third kappa shape index (κ3) is 3.13. The van der Waals surface area contributed by atoms with Crippen LogP contribution in [0.5, 0.6) is 0 Å². The largest absolute Gasteiger partial charge is 0.399 e. The molecule has 0 saturated carbocycles. The van der Waals surface area contributed by atoms with Crippen LogP contribution in [0.1, 0.15) is 34.1 Å². The molecule has 0 saturated heterocycles. The Labute approximate surface area is 82.8 Å². The molecule has 0 aliphatic heterocycles. The summed E-state index contributed by atoms with van der Waals surface area (Å²) in [7, 11) is 5.72. The third-order valence-electron chi connectivity index (χ3n) is 2.24. The maximum atomic E-state index is 5.72. The van der Waals surface area contributed by atoms with Crippen molar-refractivity contribution in [2.75, 3.05) is 0 Å². The number of hydrogen-bond donors (Lipinski definition) is 1. The quantitative estimate of drug-likeness (QED) is 0.517. The molecule has 0 aromatic carbocycles. The molecule has 0 rings (SSSR count). The van der Waals surface area contributed by atoms with Crippen molar-refractivity contribution in [3.63, 3.8) is 0 Å². The van der Waals surface area contributed by atoms with Crippen LogP contribution in [0.4, 0.5) is 0 Å². The van der Waals surface area contributed by atoms with E-state index in [1.165, 1.54) is 5.57 Å². The van der Waals surface area contributed by atoms with Crippen molar-refractivity contribution in [2.24, 2.45) is 5.73 Å². The lowest BCUT2D eigenvalue weighted by atomic mass is 9.86. The summed E-state index contributed by atoms with van der Waals surface area (Å²) in [5.74, 6) is 0. The van der Waals surface area contributed by atoms with E-state index in [1.54, 1.807) is 0 Å². The molecular formula is C11H18BN. The van der Waals surface area contributed by atoms with Gasteiger partial charge in [-0.1, -0.05) is 31.6 Å². The van der Waals surface area contributed by atoms with E-state index in [1.807, 2.05) is 13.8 Å². The van der Waals surface area contributed by atoms with Crippen molar-refractivity contribution in [2.45, 2.75) is 34.1 Å². The van der Waals surface area contributed by atoms with Gasteiger partial charge in [0.15, 0.2) is 0 Å². The van der Waals surface area contributed by atoms with Crippen LogP contribution in [-0.4, -0.2) is 7.85 Å². The minimum absolute atomic E-state index is 0.599. The summed E-state index contributed by atoms with van der Waals surface area (Å²) < 4.78 is 0. The molecule has 0 heterocycles. The molecule has 0 bridgehead atoms. The third-order valence-corrected chi connectivity index (χ3v) is 2.24. The van der Waals surface area contributed by atoms with Crippen LogP contribution in [0.3, 0.4) is 0 Å². The van der Waals surface area contributed by atoms with E-state index in [4.69, 9.17) is 13.6 Å². The maximum absolute atomic E-state index is 5.72. The molecule has 0 amide bonds. The van der Waals surface area contributed by atoms with E-state index in [0.717, 1.165) is 23.0 Å². The predicted molar refractivity (Wildman–Crippen MR) is 60.4 cm³/mol. The Bertz CT molecular complexity index is 268. The first-order valence-corrected chi connectivity index (χ1v) is 4.49. The summed E-state index contributed by atoms with van der Waals surface area (Å²) in [5.41, 5.74) is 10.4. The Balaban J connectivity index is 5.31. The fourth-order valence-electron chi connectivity index (χ4n) is 1.21. The fraction of sp³-hybridized carbons (Fsp3) is 0.455. The molecule has 70 valence electrons. The van der Waals surface area contributed by atoms with Gasteiger partial charge in [-0.15, -0.1) is 5.47 Å². The van der Waals surface area contributed by atoms with E-state index < -0.39 is 0 Å². The molecule has 0 aromatic rings. The first kappa shape index (κ1) is 12.1. The van der Waals surface area contributed by atoms with Gasteiger partial charge in [0, 0.05) is 5.70 Å². The van der Waals surface area contributed by atoms with Crippen LogP contribution in [0, 0.1) is 0 Å². The van der Waals surface area contributed by atoms with Gasteiger partial charge in [-0.3, -0.25) is 0 Å². The summed E-state index contributed by atoms with van der Waals surface area (Å²) in [4.78, 5) is 0. The summed E-state index contributed by atoms with van der Waals surface area (Å²) in [6.45, 7) is 11.8. The second kappa shape index (κ2) is 4.95. The Morgan fingerprint density at radius 3 is 2.00 bits per heavy atom. The molecule has 0 unspecified atom stereocenters. The van der Waals surface area contributed by atoms with Gasteiger partial charge in [0.05, 0.1) is 0 Å². The summed E-state index contributed by atoms with van der Waals surface area (Å²) in [5, 5.41) is 0. The molecule has 2 radical (unpaired) electrons. The second-order valence-corrected chi connectivity index (χ2v) is 3.34. The van der Waals surface area contributed by atoms with Crippen LogP contribution in [0.2, 0.25) is 0 Å². The highest BCUT2D eigenvalue weighted by molar-refractivity contribution is 6.22. The second-order valence-electron chi connectivity index (χ2n) is 3.34. The molecule has 0 atom stereocenters. The van der Waals surface area contributed by atoms with Gasteiger partial charge in [-0.05, 0) is 25.8 Å². The van der Waals surface area contributed by atoms with Gasteiger partial charge in [0.1, 0.15) is 7.85 Å². The molecule has 0 aromatic heterocycles. The van der Waals surface area contributed by atoms with Gasteiger partial charge < -0.3 is 5.73 Å². The molecule has 0 spiro atoms. The highest BCUT2D eigenvalue weighted by Gasteiger charge is 2.06. The average Bonchev–Trinajstić information content (AvgIpc) is 2.03. The van der Waals surface area contributed by atoms with Crippen molar-refractivity contribution in [3.05, 3.63) is 34.5 Å². The van der Waals surface area contributed by atoms with Crippen molar-refractivity contribution < 1.29 is 0 Å². The van der Waals surface area contributed by atoms with Gasteiger partial charge in [0.25, 0.3) is 0 Å². The first-order valence-electron chi connectivity index (χ1n) is 4.49.